The molecule has 2 heterocycles. The van der Waals surface area contributed by atoms with E-state index in [1.807, 2.05) is 13.0 Å². The molecule has 0 bridgehead atoms. The molecule has 2 rings (SSSR count). The fraction of sp³-hybridized carbons (Fsp3) is 0.125. The molecular weight excluding hydrogens is 152 g/mol. The van der Waals surface area contributed by atoms with E-state index >= 15 is 0 Å². The first-order chi connectivity index (χ1) is 5.88. The molecule has 2 aromatic heterocycles. The van der Waals surface area contributed by atoms with E-state index in [4.69, 9.17) is 0 Å². The van der Waals surface area contributed by atoms with Gasteiger partial charge in [-0.05, 0) is 13.0 Å². The molecule has 0 radical (unpaired) electrons. The van der Waals surface area contributed by atoms with Crippen molar-refractivity contribution in [3.63, 3.8) is 0 Å². The second-order valence-electron chi connectivity index (χ2n) is 2.45. The minimum atomic E-state index is 0.832. The third-order valence-corrected chi connectivity index (χ3v) is 1.62. The molecule has 0 atom stereocenters. The van der Waals surface area contributed by atoms with Crippen LogP contribution in [0.4, 0.5) is 0 Å². The van der Waals surface area contributed by atoms with Crippen molar-refractivity contribution < 1.29 is 0 Å². The number of aromatic nitrogens is 4. The van der Waals surface area contributed by atoms with Crippen molar-refractivity contribution in [1.82, 2.24) is 20.2 Å². The number of hydrogen-bond donors (Lipinski definition) is 1. The predicted molar refractivity (Wildman–Crippen MR) is 44.4 cm³/mol. The van der Waals surface area contributed by atoms with Gasteiger partial charge in [-0.25, -0.2) is 0 Å². The van der Waals surface area contributed by atoms with Gasteiger partial charge >= 0.3 is 0 Å². The third kappa shape index (κ3) is 1.07. The Kier molecular flexibility index (Phi) is 1.59. The number of nitrogens with one attached hydrogen (secondary N) is 1. The van der Waals surface area contributed by atoms with Crippen LogP contribution in [0.3, 0.4) is 0 Å². The van der Waals surface area contributed by atoms with E-state index in [1.165, 1.54) is 0 Å². The summed E-state index contributed by atoms with van der Waals surface area (Å²) in [6, 6.07) is 1.87. The molecule has 0 saturated heterocycles. The summed E-state index contributed by atoms with van der Waals surface area (Å²) in [7, 11) is 0. The molecule has 4 heteroatoms. The summed E-state index contributed by atoms with van der Waals surface area (Å²) < 4.78 is 0. The van der Waals surface area contributed by atoms with Crippen LogP contribution < -0.4 is 0 Å². The van der Waals surface area contributed by atoms with Gasteiger partial charge in [0.15, 0.2) is 0 Å². The summed E-state index contributed by atoms with van der Waals surface area (Å²) in [4.78, 5) is 8.29. The fourth-order valence-electron chi connectivity index (χ4n) is 1.05. The van der Waals surface area contributed by atoms with Crippen LogP contribution in [0.25, 0.3) is 11.4 Å². The highest BCUT2D eigenvalue weighted by Crippen LogP contribution is 2.14. The number of H-pyrrole nitrogens is 1. The van der Waals surface area contributed by atoms with Crippen molar-refractivity contribution in [2.45, 2.75) is 6.92 Å². The molecule has 0 fully saturated rings. The van der Waals surface area contributed by atoms with Gasteiger partial charge in [0.2, 0.25) is 0 Å². The monoisotopic (exact) mass is 160 g/mol. The van der Waals surface area contributed by atoms with Crippen molar-refractivity contribution in [2.24, 2.45) is 0 Å². The van der Waals surface area contributed by atoms with Gasteiger partial charge in [-0.3, -0.25) is 15.1 Å². The van der Waals surface area contributed by atoms with Gasteiger partial charge in [0.05, 0.1) is 5.69 Å². The van der Waals surface area contributed by atoms with Gasteiger partial charge in [0.25, 0.3) is 0 Å². The number of nitrogens with zero attached hydrogens (tertiary/aromatic N) is 3. The highest BCUT2D eigenvalue weighted by Gasteiger charge is 2.04. The zero-order chi connectivity index (χ0) is 8.39. The lowest BCUT2D eigenvalue weighted by Gasteiger charge is -1.97. The predicted octanol–water partition coefficient (Wildman–Crippen LogP) is 1.18. The van der Waals surface area contributed by atoms with Crippen LogP contribution >= 0.6 is 0 Å². The van der Waals surface area contributed by atoms with E-state index in [-0.39, 0.29) is 0 Å². The SMILES string of the molecule is Cc1nccnc1-c1cc[nH]n1. The Morgan fingerprint density at radius 1 is 1.25 bits per heavy atom. The van der Waals surface area contributed by atoms with Crippen LogP contribution in [0.15, 0.2) is 24.7 Å². The Balaban J connectivity index is 2.55. The van der Waals surface area contributed by atoms with Crippen molar-refractivity contribution in [1.29, 1.82) is 0 Å². The first kappa shape index (κ1) is 6.97. The second kappa shape index (κ2) is 2.73. The maximum absolute atomic E-state index is 4.18. The smallest absolute Gasteiger partial charge is 0.112 e. The van der Waals surface area contributed by atoms with Crippen LogP contribution in [0.2, 0.25) is 0 Å². The Labute approximate surface area is 69.7 Å². The molecule has 0 unspecified atom stereocenters. The van der Waals surface area contributed by atoms with E-state index in [2.05, 4.69) is 20.2 Å². The van der Waals surface area contributed by atoms with Crippen molar-refractivity contribution in [3.8, 4) is 11.4 Å². The molecule has 1 N–H and O–H groups in total. The molecule has 12 heavy (non-hydrogen) atoms. The van der Waals surface area contributed by atoms with Crippen LogP contribution in [0.5, 0.6) is 0 Å². The summed E-state index contributed by atoms with van der Waals surface area (Å²) in [5.41, 5.74) is 2.56. The third-order valence-electron chi connectivity index (χ3n) is 1.62. The average molecular weight is 160 g/mol. The van der Waals surface area contributed by atoms with Crippen molar-refractivity contribution >= 4 is 0 Å². The molecule has 0 aliphatic heterocycles. The van der Waals surface area contributed by atoms with Gasteiger partial charge in [-0.15, -0.1) is 0 Å². The van der Waals surface area contributed by atoms with Crippen LogP contribution in [-0.4, -0.2) is 20.2 Å². The number of aromatic amines is 1. The lowest BCUT2D eigenvalue weighted by atomic mass is 10.2. The van der Waals surface area contributed by atoms with Crippen molar-refractivity contribution in [2.75, 3.05) is 0 Å². The quantitative estimate of drug-likeness (QED) is 0.681. The zero-order valence-corrected chi connectivity index (χ0v) is 6.65. The molecule has 4 nitrogen and oxygen atoms in total. The Bertz CT molecular complexity index is 366. The summed E-state index contributed by atoms with van der Waals surface area (Å²) in [5.74, 6) is 0. The Morgan fingerprint density at radius 3 is 2.75 bits per heavy atom. The van der Waals surface area contributed by atoms with E-state index in [9.17, 15) is 0 Å². The minimum absolute atomic E-state index is 0.832. The molecule has 2 aromatic rings. The van der Waals surface area contributed by atoms with Crippen LogP contribution in [0, 0.1) is 6.92 Å². The fourth-order valence-corrected chi connectivity index (χ4v) is 1.05. The lowest BCUT2D eigenvalue weighted by Crippen LogP contribution is -1.90. The lowest BCUT2D eigenvalue weighted by molar-refractivity contribution is 1.06. The summed E-state index contributed by atoms with van der Waals surface area (Å²) in [6.07, 6.45) is 5.10. The maximum atomic E-state index is 4.18. The van der Waals surface area contributed by atoms with Gasteiger partial charge in [0.1, 0.15) is 11.4 Å². The highest BCUT2D eigenvalue weighted by atomic mass is 15.1. The van der Waals surface area contributed by atoms with Crippen LogP contribution in [-0.2, 0) is 0 Å². The maximum Gasteiger partial charge on any atom is 0.112 e. The van der Waals surface area contributed by atoms with Gasteiger partial charge < -0.3 is 0 Å². The van der Waals surface area contributed by atoms with Gasteiger partial charge in [-0.2, -0.15) is 5.10 Å². The largest absolute Gasteiger partial charge is 0.285 e. The number of rotatable bonds is 1. The van der Waals surface area contributed by atoms with E-state index < -0.39 is 0 Å². The minimum Gasteiger partial charge on any atom is -0.285 e. The molecule has 60 valence electrons. The molecule has 0 aliphatic rings. The first-order valence-corrected chi connectivity index (χ1v) is 3.65. The molecule has 0 amide bonds. The summed E-state index contributed by atoms with van der Waals surface area (Å²) in [5, 5.41) is 6.76. The molecular formula is C8H8N4. The van der Waals surface area contributed by atoms with Gasteiger partial charge in [-0.1, -0.05) is 0 Å². The zero-order valence-electron chi connectivity index (χ0n) is 6.65. The molecule has 0 spiro atoms. The molecule has 0 aromatic carbocycles. The topological polar surface area (TPSA) is 54.5 Å². The summed E-state index contributed by atoms with van der Waals surface area (Å²) >= 11 is 0. The van der Waals surface area contributed by atoms with E-state index in [0.29, 0.717) is 0 Å². The number of hydrogen-bond acceptors (Lipinski definition) is 3. The van der Waals surface area contributed by atoms with Crippen LogP contribution in [0.1, 0.15) is 5.69 Å². The second-order valence-corrected chi connectivity index (χ2v) is 2.45. The standard InChI is InChI=1S/C8H8N4/c1-6-8(10-5-4-9-6)7-2-3-11-12-7/h2-5H,1H3,(H,11,12). The Hall–Kier alpha value is -1.71. The van der Waals surface area contributed by atoms with E-state index in [0.717, 1.165) is 17.1 Å². The van der Waals surface area contributed by atoms with Gasteiger partial charge in [0, 0.05) is 18.6 Å². The van der Waals surface area contributed by atoms with Crippen molar-refractivity contribution in [3.05, 3.63) is 30.4 Å². The molecule has 0 aliphatic carbocycles. The highest BCUT2D eigenvalue weighted by molar-refractivity contribution is 5.55. The number of aryl methyl sites for hydroxylation is 1. The summed E-state index contributed by atoms with van der Waals surface area (Å²) in [6.45, 7) is 1.91. The van der Waals surface area contributed by atoms with E-state index in [1.54, 1.807) is 18.6 Å². The molecule has 0 saturated carbocycles. The first-order valence-electron chi connectivity index (χ1n) is 3.65. The average Bonchev–Trinajstić information content (AvgIpc) is 2.57. The Morgan fingerprint density at radius 2 is 2.08 bits per heavy atom. The normalized spacial score (nSPS) is 10.1.